The molecule has 0 saturated heterocycles. The van der Waals surface area contributed by atoms with E-state index < -0.39 is 4.92 Å². The van der Waals surface area contributed by atoms with Crippen LogP contribution in [0.15, 0.2) is 30.3 Å². The van der Waals surface area contributed by atoms with Crippen LogP contribution in [0.4, 0.5) is 5.69 Å². The predicted octanol–water partition coefficient (Wildman–Crippen LogP) is 5.91. The fourth-order valence-electron chi connectivity index (χ4n) is 2.08. The molecule has 122 valence electrons. The Balaban J connectivity index is 2.38. The van der Waals surface area contributed by atoms with E-state index in [1.165, 1.54) is 18.2 Å². The van der Waals surface area contributed by atoms with Crippen molar-refractivity contribution in [2.75, 3.05) is 0 Å². The van der Waals surface area contributed by atoms with Gasteiger partial charge in [-0.05, 0) is 30.5 Å². The van der Waals surface area contributed by atoms with Gasteiger partial charge in [0.1, 0.15) is 11.5 Å². The fraction of sp³-hybridized carbons (Fsp3) is 0.250. The highest BCUT2D eigenvalue weighted by atomic mass is 35.5. The van der Waals surface area contributed by atoms with E-state index in [1.807, 2.05) is 13.8 Å². The normalized spacial score (nSPS) is 12.0. The number of phenols is 1. The van der Waals surface area contributed by atoms with Gasteiger partial charge in [-0.3, -0.25) is 10.1 Å². The molecule has 0 spiro atoms. The predicted molar refractivity (Wildman–Crippen MR) is 90.0 cm³/mol. The molecule has 7 heteroatoms. The SMILES string of the molecule is CCC(C)c1cc(Oc2c(Cl)cc([N+](=O)[O-])cc2Cl)ccc1O. The number of nitro benzene ring substituents is 1. The van der Waals surface area contributed by atoms with Gasteiger partial charge in [-0.2, -0.15) is 0 Å². The second-order valence-electron chi connectivity index (χ2n) is 5.13. The Labute approximate surface area is 143 Å². The van der Waals surface area contributed by atoms with Crippen molar-refractivity contribution in [1.82, 2.24) is 0 Å². The minimum atomic E-state index is -0.580. The highest BCUT2D eigenvalue weighted by molar-refractivity contribution is 6.37. The van der Waals surface area contributed by atoms with Crippen molar-refractivity contribution in [2.45, 2.75) is 26.2 Å². The van der Waals surface area contributed by atoms with Crippen LogP contribution in [0, 0.1) is 10.1 Å². The average molecular weight is 356 g/mol. The lowest BCUT2D eigenvalue weighted by atomic mass is 9.97. The van der Waals surface area contributed by atoms with E-state index in [-0.39, 0.29) is 33.1 Å². The average Bonchev–Trinajstić information content (AvgIpc) is 2.51. The molecule has 0 heterocycles. The zero-order chi connectivity index (χ0) is 17.1. The van der Waals surface area contributed by atoms with Crippen LogP contribution in [0.25, 0.3) is 0 Å². The highest BCUT2D eigenvalue weighted by Gasteiger charge is 2.17. The molecule has 1 atom stereocenters. The molecule has 1 N–H and O–H groups in total. The minimum Gasteiger partial charge on any atom is -0.508 e. The molecule has 0 fully saturated rings. The van der Waals surface area contributed by atoms with Crippen molar-refractivity contribution in [2.24, 2.45) is 0 Å². The number of nitro groups is 1. The first kappa shape index (κ1) is 17.4. The number of halogens is 2. The van der Waals surface area contributed by atoms with Crippen LogP contribution in [0.1, 0.15) is 31.7 Å². The third-order valence-corrected chi connectivity index (χ3v) is 4.12. The summed E-state index contributed by atoms with van der Waals surface area (Å²) in [5.74, 6) is 0.921. The maximum atomic E-state index is 10.8. The summed E-state index contributed by atoms with van der Waals surface area (Å²) in [7, 11) is 0. The number of benzene rings is 2. The summed E-state index contributed by atoms with van der Waals surface area (Å²) in [5, 5.41) is 20.8. The molecule has 0 radical (unpaired) electrons. The number of aromatic hydroxyl groups is 1. The molecule has 23 heavy (non-hydrogen) atoms. The molecule has 1 unspecified atom stereocenters. The van der Waals surface area contributed by atoms with Gasteiger partial charge in [0.15, 0.2) is 5.75 Å². The van der Waals surface area contributed by atoms with E-state index in [4.69, 9.17) is 27.9 Å². The van der Waals surface area contributed by atoms with E-state index >= 15 is 0 Å². The second-order valence-corrected chi connectivity index (χ2v) is 5.94. The van der Waals surface area contributed by atoms with Crippen molar-refractivity contribution < 1.29 is 14.8 Å². The monoisotopic (exact) mass is 355 g/mol. The van der Waals surface area contributed by atoms with Gasteiger partial charge in [-0.25, -0.2) is 0 Å². The van der Waals surface area contributed by atoms with E-state index in [1.54, 1.807) is 12.1 Å². The Hall–Kier alpha value is -1.98. The maximum Gasteiger partial charge on any atom is 0.272 e. The van der Waals surface area contributed by atoms with E-state index in [9.17, 15) is 15.2 Å². The van der Waals surface area contributed by atoms with Crippen LogP contribution in [0.5, 0.6) is 17.2 Å². The number of hydrogen-bond donors (Lipinski definition) is 1. The number of hydrogen-bond acceptors (Lipinski definition) is 4. The largest absolute Gasteiger partial charge is 0.508 e. The molecule has 0 aliphatic carbocycles. The first-order valence-corrected chi connectivity index (χ1v) is 7.73. The summed E-state index contributed by atoms with van der Waals surface area (Å²) in [6, 6.07) is 7.18. The molecule has 2 aromatic rings. The lowest BCUT2D eigenvalue weighted by molar-refractivity contribution is -0.384. The number of phenolic OH excluding ortho intramolecular Hbond substituents is 1. The molecular formula is C16H15Cl2NO4. The second kappa shape index (κ2) is 7.06. The van der Waals surface area contributed by atoms with E-state index in [0.717, 1.165) is 12.0 Å². The third kappa shape index (κ3) is 3.86. The summed E-state index contributed by atoms with van der Waals surface area (Å²) in [6.07, 6.45) is 0.857. The number of non-ortho nitro benzene ring substituents is 1. The van der Waals surface area contributed by atoms with Gasteiger partial charge >= 0.3 is 0 Å². The highest BCUT2D eigenvalue weighted by Crippen LogP contribution is 2.40. The van der Waals surface area contributed by atoms with Gasteiger partial charge in [0.2, 0.25) is 0 Å². The van der Waals surface area contributed by atoms with Gasteiger partial charge in [0, 0.05) is 17.7 Å². The smallest absolute Gasteiger partial charge is 0.272 e. The number of nitrogens with zero attached hydrogens (tertiary/aromatic N) is 1. The van der Waals surface area contributed by atoms with Crippen LogP contribution in [-0.4, -0.2) is 10.0 Å². The van der Waals surface area contributed by atoms with Crippen LogP contribution < -0.4 is 4.74 Å². The molecule has 5 nitrogen and oxygen atoms in total. The Kier molecular flexibility index (Phi) is 5.34. The first-order chi connectivity index (χ1) is 10.8. The van der Waals surface area contributed by atoms with Crippen LogP contribution in [0.3, 0.4) is 0 Å². The number of ether oxygens (including phenoxy) is 1. The van der Waals surface area contributed by atoms with Crippen LogP contribution >= 0.6 is 23.2 Å². The van der Waals surface area contributed by atoms with Crippen molar-refractivity contribution >= 4 is 28.9 Å². The minimum absolute atomic E-state index is 0.0439. The van der Waals surface area contributed by atoms with Crippen LogP contribution in [-0.2, 0) is 0 Å². The summed E-state index contributed by atoms with van der Waals surface area (Å²) in [5.41, 5.74) is 0.539. The van der Waals surface area contributed by atoms with Gasteiger partial charge in [0.25, 0.3) is 5.69 Å². The Bertz CT molecular complexity index is 726. The van der Waals surface area contributed by atoms with Gasteiger partial charge in [-0.1, -0.05) is 37.0 Å². The Morgan fingerprint density at radius 2 is 1.87 bits per heavy atom. The lowest BCUT2D eigenvalue weighted by Gasteiger charge is -2.14. The molecule has 0 aliphatic heterocycles. The fourth-order valence-corrected chi connectivity index (χ4v) is 2.63. The molecule has 0 amide bonds. The summed E-state index contributed by atoms with van der Waals surface area (Å²) >= 11 is 12.1. The topological polar surface area (TPSA) is 72.6 Å². The molecule has 2 rings (SSSR count). The Morgan fingerprint density at radius 3 is 2.39 bits per heavy atom. The third-order valence-electron chi connectivity index (χ3n) is 3.56. The van der Waals surface area contributed by atoms with Crippen molar-refractivity contribution in [3.8, 4) is 17.2 Å². The zero-order valence-electron chi connectivity index (χ0n) is 12.5. The molecule has 0 aliphatic rings. The van der Waals surface area contributed by atoms with Crippen molar-refractivity contribution in [3.05, 3.63) is 56.1 Å². The van der Waals surface area contributed by atoms with E-state index in [0.29, 0.717) is 5.75 Å². The van der Waals surface area contributed by atoms with Gasteiger partial charge < -0.3 is 9.84 Å². The summed E-state index contributed by atoms with van der Waals surface area (Å²) in [4.78, 5) is 10.2. The maximum absolute atomic E-state index is 10.8. The first-order valence-electron chi connectivity index (χ1n) is 6.97. The lowest BCUT2D eigenvalue weighted by Crippen LogP contribution is -1.95. The van der Waals surface area contributed by atoms with Crippen molar-refractivity contribution in [1.29, 1.82) is 0 Å². The standard InChI is InChI=1S/C16H15Cl2NO4/c1-3-9(2)12-8-11(4-5-15(12)20)23-16-13(17)6-10(19(21)22)7-14(16)18/h4-9,20H,3H2,1-2H3. The number of rotatable bonds is 5. The van der Waals surface area contributed by atoms with Crippen molar-refractivity contribution in [3.63, 3.8) is 0 Å². The Morgan fingerprint density at radius 1 is 1.26 bits per heavy atom. The molecule has 2 aromatic carbocycles. The quantitative estimate of drug-likeness (QED) is 0.534. The molecule has 0 saturated carbocycles. The molecular weight excluding hydrogens is 341 g/mol. The van der Waals surface area contributed by atoms with Crippen LogP contribution in [0.2, 0.25) is 10.0 Å². The summed E-state index contributed by atoms with van der Waals surface area (Å²) in [6.45, 7) is 4.01. The zero-order valence-corrected chi connectivity index (χ0v) is 14.1. The van der Waals surface area contributed by atoms with Gasteiger partial charge in [0.05, 0.1) is 15.0 Å². The molecule has 0 aromatic heterocycles. The summed E-state index contributed by atoms with van der Waals surface area (Å²) < 4.78 is 5.67. The van der Waals surface area contributed by atoms with E-state index in [2.05, 4.69) is 0 Å². The van der Waals surface area contributed by atoms with Gasteiger partial charge in [-0.15, -0.1) is 0 Å². The molecule has 0 bridgehead atoms.